The SMILES string of the molecule is CC(C)N1C(=O)S/C(=C/c2cccn2-c2cccc(C(F)(F)F)c2)C1=O. The van der Waals surface area contributed by atoms with Crippen LogP contribution in [0.3, 0.4) is 0 Å². The number of amides is 2. The fraction of sp³-hybridized carbons (Fsp3) is 0.222. The van der Waals surface area contributed by atoms with E-state index in [9.17, 15) is 22.8 Å². The van der Waals surface area contributed by atoms with E-state index in [1.54, 1.807) is 42.8 Å². The number of rotatable bonds is 3. The lowest BCUT2D eigenvalue weighted by Crippen LogP contribution is -2.34. The van der Waals surface area contributed by atoms with Crippen LogP contribution in [0.15, 0.2) is 47.5 Å². The molecule has 0 bridgehead atoms. The number of imide groups is 1. The maximum absolute atomic E-state index is 12.9. The number of carbonyl (C=O) groups excluding carboxylic acids is 2. The second-order valence-electron chi connectivity index (χ2n) is 6.00. The molecule has 0 saturated carbocycles. The number of alkyl halides is 3. The van der Waals surface area contributed by atoms with Gasteiger partial charge >= 0.3 is 6.18 Å². The molecule has 2 aromatic rings. The van der Waals surface area contributed by atoms with Gasteiger partial charge in [0, 0.05) is 23.6 Å². The molecule has 3 rings (SSSR count). The van der Waals surface area contributed by atoms with Crippen LogP contribution >= 0.6 is 11.8 Å². The Kier molecular flexibility index (Phi) is 4.70. The lowest BCUT2D eigenvalue weighted by atomic mass is 10.2. The Bertz CT molecular complexity index is 900. The van der Waals surface area contributed by atoms with Crippen LogP contribution in [0.4, 0.5) is 18.0 Å². The van der Waals surface area contributed by atoms with Crippen molar-refractivity contribution in [3.8, 4) is 5.69 Å². The summed E-state index contributed by atoms with van der Waals surface area (Å²) in [6, 6.07) is 7.99. The van der Waals surface area contributed by atoms with Crippen LogP contribution in [0.25, 0.3) is 11.8 Å². The molecular weight excluding hydrogens is 365 g/mol. The maximum Gasteiger partial charge on any atom is 0.416 e. The fourth-order valence-corrected chi connectivity index (χ4v) is 3.58. The van der Waals surface area contributed by atoms with E-state index in [1.807, 2.05) is 0 Å². The number of thioether (sulfide) groups is 1. The molecule has 4 nitrogen and oxygen atoms in total. The lowest BCUT2D eigenvalue weighted by Gasteiger charge is -2.16. The van der Waals surface area contributed by atoms with Crippen molar-refractivity contribution in [2.45, 2.75) is 26.1 Å². The molecular formula is C18H15F3N2O2S. The van der Waals surface area contributed by atoms with Gasteiger partial charge in [0.2, 0.25) is 0 Å². The van der Waals surface area contributed by atoms with Gasteiger partial charge in [-0.1, -0.05) is 6.07 Å². The van der Waals surface area contributed by atoms with Crippen molar-refractivity contribution in [3.05, 3.63) is 58.8 Å². The first kappa shape index (κ1) is 18.3. The summed E-state index contributed by atoms with van der Waals surface area (Å²) < 4.78 is 40.4. The minimum Gasteiger partial charge on any atom is -0.317 e. The zero-order chi connectivity index (χ0) is 19.1. The fourth-order valence-electron chi connectivity index (χ4n) is 2.64. The van der Waals surface area contributed by atoms with Crippen molar-refractivity contribution in [2.75, 3.05) is 0 Å². The highest BCUT2D eigenvalue weighted by Gasteiger charge is 2.37. The standard InChI is InChI=1S/C18H15F3N2O2S/c1-11(2)23-16(24)15(26-17(23)25)10-14-7-4-8-22(14)13-6-3-5-12(9-13)18(19,20)21/h3-11H,1-2H3/b15-10+. The molecule has 26 heavy (non-hydrogen) atoms. The summed E-state index contributed by atoms with van der Waals surface area (Å²) in [5.41, 5.74) is 0.0764. The second-order valence-corrected chi connectivity index (χ2v) is 6.99. The number of aromatic nitrogens is 1. The zero-order valence-corrected chi connectivity index (χ0v) is 14.8. The first-order chi connectivity index (χ1) is 12.2. The summed E-state index contributed by atoms with van der Waals surface area (Å²) in [6.07, 6.45) is -1.31. The largest absolute Gasteiger partial charge is 0.416 e. The van der Waals surface area contributed by atoms with Crippen LogP contribution in [0, 0.1) is 0 Å². The number of halogens is 3. The number of nitrogens with zero attached hydrogens (tertiary/aromatic N) is 2. The monoisotopic (exact) mass is 380 g/mol. The van der Waals surface area contributed by atoms with Crippen LogP contribution < -0.4 is 0 Å². The van der Waals surface area contributed by atoms with Gasteiger partial charge in [-0.3, -0.25) is 14.5 Å². The Morgan fingerprint density at radius 2 is 1.85 bits per heavy atom. The lowest BCUT2D eigenvalue weighted by molar-refractivity contribution is -0.137. The summed E-state index contributed by atoms with van der Waals surface area (Å²) in [5, 5.41) is -0.353. The molecule has 8 heteroatoms. The normalized spacial score (nSPS) is 17.0. The molecule has 1 saturated heterocycles. The van der Waals surface area contributed by atoms with Gasteiger partial charge in [0.25, 0.3) is 11.1 Å². The number of benzene rings is 1. The van der Waals surface area contributed by atoms with Crippen LogP contribution in [0.2, 0.25) is 0 Å². The molecule has 2 heterocycles. The summed E-state index contributed by atoms with van der Waals surface area (Å²) >= 11 is 0.825. The minimum atomic E-state index is -4.44. The Morgan fingerprint density at radius 1 is 1.12 bits per heavy atom. The third-order valence-corrected chi connectivity index (χ3v) is 4.73. The van der Waals surface area contributed by atoms with E-state index in [0.29, 0.717) is 11.4 Å². The Morgan fingerprint density at radius 3 is 2.46 bits per heavy atom. The molecule has 0 spiro atoms. The van der Waals surface area contributed by atoms with E-state index in [1.165, 1.54) is 12.1 Å². The molecule has 0 unspecified atom stereocenters. The second kappa shape index (κ2) is 6.68. The van der Waals surface area contributed by atoms with Gasteiger partial charge in [-0.2, -0.15) is 13.2 Å². The molecule has 0 atom stereocenters. The van der Waals surface area contributed by atoms with Crippen LogP contribution in [-0.4, -0.2) is 26.7 Å². The predicted molar refractivity (Wildman–Crippen MR) is 93.7 cm³/mol. The zero-order valence-electron chi connectivity index (χ0n) is 13.9. The highest BCUT2D eigenvalue weighted by molar-refractivity contribution is 8.18. The third kappa shape index (κ3) is 3.41. The average molecular weight is 380 g/mol. The maximum atomic E-state index is 12.9. The van der Waals surface area contributed by atoms with Gasteiger partial charge in [-0.05, 0) is 62.0 Å². The van der Waals surface area contributed by atoms with Crippen molar-refractivity contribution in [2.24, 2.45) is 0 Å². The Labute approximate surface area is 152 Å². The van der Waals surface area contributed by atoms with Crippen molar-refractivity contribution < 1.29 is 22.8 Å². The predicted octanol–water partition coefficient (Wildman–Crippen LogP) is 4.94. The average Bonchev–Trinajstić information content (AvgIpc) is 3.11. The van der Waals surface area contributed by atoms with Gasteiger partial charge in [0.1, 0.15) is 0 Å². The highest BCUT2D eigenvalue weighted by Crippen LogP contribution is 2.34. The molecule has 0 aliphatic carbocycles. The van der Waals surface area contributed by atoms with E-state index in [4.69, 9.17) is 0 Å². The first-order valence-corrected chi connectivity index (χ1v) is 8.62. The van der Waals surface area contributed by atoms with Gasteiger partial charge in [0.15, 0.2) is 0 Å². The van der Waals surface area contributed by atoms with Gasteiger partial charge in [-0.25, -0.2) is 0 Å². The van der Waals surface area contributed by atoms with E-state index >= 15 is 0 Å². The first-order valence-electron chi connectivity index (χ1n) is 7.80. The summed E-state index contributed by atoms with van der Waals surface area (Å²) in [5.74, 6) is -0.396. The summed E-state index contributed by atoms with van der Waals surface area (Å²) in [4.78, 5) is 25.8. The quantitative estimate of drug-likeness (QED) is 0.709. The summed E-state index contributed by atoms with van der Waals surface area (Å²) in [6.45, 7) is 3.48. The summed E-state index contributed by atoms with van der Waals surface area (Å²) in [7, 11) is 0. The van der Waals surface area contributed by atoms with E-state index < -0.39 is 17.6 Å². The van der Waals surface area contributed by atoms with Crippen LogP contribution in [-0.2, 0) is 11.0 Å². The van der Waals surface area contributed by atoms with Gasteiger partial charge in [-0.15, -0.1) is 0 Å². The van der Waals surface area contributed by atoms with Gasteiger partial charge < -0.3 is 4.57 Å². The number of hydrogen-bond acceptors (Lipinski definition) is 3. The molecule has 1 aliphatic rings. The van der Waals surface area contributed by atoms with E-state index in [-0.39, 0.29) is 16.2 Å². The third-order valence-electron chi connectivity index (χ3n) is 3.85. The molecule has 136 valence electrons. The van der Waals surface area contributed by atoms with Crippen molar-refractivity contribution in [1.29, 1.82) is 0 Å². The van der Waals surface area contributed by atoms with Crippen molar-refractivity contribution >= 4 is 29.0 Å². The van der Waals surface area contributed by atoms with Crippen molar-refractivity contribution in [1.82, 2.24) is 9.47 Å². The number of carbonyl (C=O) groups is 2. The molecule has 2 amide bonds. The van der Waals surface area contributed by atoms with Gasteiger partial charge in [0.05, 0.1) is 10.5 Å². The smallest absolute Gasteiger partial charge is 0.317 e. The molecule has 1 aliphatic heterocycles. The topological polar surface area (TPSA) is 42.3 Å². The Hall–Kier alpha value is -2.48. The Balaban J connectivity index is 1.98. The molecule has 1 aromatic heterocycles. The molecule has 0 N–H and O–H groups in total. The van der Waals surface area contributed by atoms with E-state index in [0.717, 1.165) is 28.8 Å². The van der Waals surface area contributed by atoms with Crippen molar-refractivity contribution in [3.63, 3.8) is 0 Å². The number of hydrogen-bond donors (Lipinski definition) is 0. The molecule has 0 radical (unpaired) electrons. The van der Waals surface area contributed by atoms with E-state index in [2.05, 4.69) is 0 Å². The van der Waals surface area contributed by atoms with Crippen LogP contribution in [0.1, 0.15) is 25.1 Å². The minimum absolute atomic E-state index is 0.246. The van der Waals surface area contributed by atoms with Crippen LogP contribution in [0.5, 0.6) is 0 Å². The molecule has 1 fully saturated rings. The highest BCUT2D eigenvalue weighted by atomic mass is 32.2. The molecule has 1 aromatic carbocycles.